The summed E-state index contributed by atoms with van der Waals surface area (Å²) in [5, 5.41) is 10.3. The van der Waals surface area contributed by atoms with E-state index in [9.17, 15) is 14.3 Å². The number of fused-ring (bicyclic) bond motifs is 1. The summed E-state index contributed by atoms with van der Waals surface area (Å²) < 4.78 is 19.3. The van der Waals surface area contributed by atoms with Gasteiger partial charge in [-0.3, -0.25) is 4.79 Å². The SMILES string of the molecule is O=C(c1ccc(F)cc1)c1coc2c(Br)c(Br)c(O)cc12. The molecule has 0 saturated heterocycles. The monoisotopic (exact) mass is 412 g/mol. The minimum absolute atomic E-state index is 0.0102. The van der Waals surface area contributed by atoms with Crippen LogP contribution in [0, 0.1) is 5.82 Å². The van der Waals surface area contributed by atoms with E-state index in [1.54, 1.807) is 0 Å². The molecule has 0 radical (unpaired) electrons. The summed E-state index contributed by atoms with van der Waals surface area (Å²) >= 11 is 6.51. The Hall–Kier alpha value is -1.66. The Morgan fingerprint density at radius 1 is 1.14 bits per heavy atom. The molecule has 21 heavy (non-hydrogen) atoms. The van der Waals surface area contributed by atoms with Crippen LogP contribution in [0.2, 0.25) is 0 Å². The van der Waals surface area contributed by atoms with Crippen LogP contribution in [-0.4, -0.2) is 10.9 Å². The molecule has 6 heteroatoms. The number of phenolic OH excluding ortho intramolecular Hbond substituents is 1. The van der Waals surface area contributed by atoms with Crippen LogP contribution in [0.3, 0.4) is 0 Å². The molecular weight excluding hydrogens is 407 g/mol. The highest BCUT2D eigenvalue weighted by Crippen LogP contribution is 2.40. The number of hydrogen-bond acceptors (Lipinski definition) is 3. The second kappa shape index (κ2) is 5.27. The molecule has 1 heterocycles. The number of furan rings is 1. The molecule has 1 aromatic heterocycles. The number of benzene rings is 2. The summed E-state index contributed by atoms with van der Waals surface area (Å²) in [6.07, 6.45) is 1.33. The highest BCUT2D eigenvalue weighted by Gasteiger charge is 2.20. The van der Waals surface area contributed by atoms with Gasteiger partial charge in [-0.2, -0.15) is 0 Å². The molecule has 0 amide bonds. The van der Waals surface area contributed by atoms with Crippen molar-refractivity contribution < 1.29 is 18.7 Å². The van der Waals surface area contributed by atoms with Gasteiger partial charge in [-0.05, 0) is 62.2 Å². The quantitative estimate of drug-likeness (QED) is 0.599. The number of ketones is 1. The topological polar surface area (TPSA) is 50.4 Å². The van der Waals surface area contributed by atoms with Gasteiger partial charge in [0.05, 0.1) is 14.5 Å². The van der Waals surface area contributed by atoms with Gasteiger partial charge < -0.3 is 9.52 Å². The van der Waals surface area contributed by atoms with Crippen molar-refractivity contribution in [3.05, 3.63) is 62.5 Å². The summed E-state index contributed by atoms with van der Waals surface area (Å²) in [7, 11) is 0. The third-order valence-electron chi connectivity index (χ3n) is 3.08. The van der Waals surface area contributed by atoms with Gasteiger partial charge in [0.2, 0.25) is 0 Å². The van der Waals surface area contributed by atoms with Crippen molar-refractivity contribution in [3.63, 3.8) is 0 Å². The Morgan fingerprint density at radius 3 is 2.48 bits per heavy atom. The number of hydrogen-bond donors (Lipinski definition) is 1. The molecule has 0 bridgehead atoms. The Kier molecular flexibility index (Phi) is 3.59. The van der Waals surface area contributed by atoms with Crippen LogP contribution in [0.15, 0.2) is 50.0 Å². The van der Waals surface area contributed by atoms with Gasteiger partial charge in [-0.15, -0.1) is 0 Å². The molecular formula is C15H7Br2FO3. The maximum Gasteiger partial charge on any atom is 0.196 e. The molecule has 0 unspecified atom stereocenters. The van der Waals surface area contributed by atoms with Crippen LogP contribution >= 0.6 is 31.9 Å². The van der Waals surface area contributed by atoms with E-state index in [-0.39, 0.29) is 11.5 Å². The average Bonchev–Trinajstić information content (AvgIpc) is 2.88. The normalized spacial score (nSPS) is 11.0. The summed E-state index contributed by atoms with van der Waals surface area (Å²) in [5.41, 5.74) is 1.10. The van der Waals surface area contributed by atoms with Crippen molar-refractivity contribution in [1.82, 2.24) is 0 Å². The molecule has 1 N–H and O–H groups in total. The van der Waals surface area contributed by atoms with Crippen LogP contribution in [0.4, 0.5) is 4.39 Å². The maximum atomic E-state index is 12.9. The summed E-state index contributed by atoms with van der Waals surface area (Å²) in [5.74, 6) is -0.723. The van der Waals surface area contributed by atoms with Crippen LogP contribution in [0.1, 0.15) is 15.9 Å². The smallest absolute Gasteiger partial charge is 0.196 e. The van der Waals surface area contributed by atoms with E-state index in [0.29, 0.717) is 31.0 Å². The second-order valence-corrected chi connectivity index (χ2v) is 5.97. The van der Waals surface area contributed by atoms with Gasteiger partial charge in [-0.25, -0.2) is 4.39 Å². The van der Waals surface area contributed by atoms with Crippen molar-refractivity contribution in [1.29, 1.82) is 0 Å². The first-order valence-electron chi connectivity index (χ1n) is 5.87. The van der Waals surface area contributed by atoms with E-state index in [4.69, 9.17) is 4.42 Å². The number of carbonyl (C=O) groups excluding carboxylic acids is 1. The molecule has 0 aliphatic heterocycles. The molecule has 3 rings (SSSR count). The molecule has 3 aromatic rings. The minimum atomic E-state index is -0.409. The molecule has 0 spiro atoms. The molecule has 0 atom stereocenters. The van der Waals surface area contributed by atoms with E-state index in [0.717, 1.165) is 0 Å². The standard InChI is InChI=1S/C15H7Br2FO3/c16-12-11(19)5-9-10(6-21-15(9)13(12)17)14(20)7-1-3-8(18)4-2-7/h1-6,19H. The predicted molar refractivity (Wildman–Crippen MR) is 83.1 cm³/mol. The van der Waals surface area contributed by atoms with E-state index in [1.165, 1.54) is 36.6 Å². The number of carbonyl (C=O) groups is 1. The van der Waals surface area contributed by atoms with Crippen LogP contribution in [-0.2, 0) is 0 Å². The Bertz CT molecular complexity index is 853. The van der Waals surface area contributed by atoms with E-state index in [2.05, 4.69) is 31.9 Å². The van der Waals surface area contributed by atoms with Crippen molar-refractivity contribution in [2.75, 3.05) is 0 Å². The Morgan fingerprint density at radius 2 is 1.81 bits per heavy atom. The lowest BCUT2D eigenvalue weighted by atomic mass is 10.0. The minimum Gasteiger partial charge on any atom is -0.507 e. The molecule has 0 aliphatic carbocycles. The fraction of sp³-hybridized carbons (Fsp3) is 0. The summed E-state index contributed by atoms with van der Waals surface area (Å²) in [4.78, 5) is 12.4. The van der Waals surface area contributed by atoms with Crippen LogP contribution in [0.5, 0.6) is 5.75 Å². The first-order chi connectivity index (χ1) is 9.99. The molecule has 0 saturated carbocycles. The Balaban J connectivity index is 2.17. The second-order valence-electron chi connectivity index (χ2n) is 4.39. The van der Waals surface area contributed by atoms with Gasteiger partial charge in [-0.1, -0.05) is 0 Å². The van der Waals surface area contributed by atoms with Crippen LogP contribution in [0.25, 0.3) is 11.0 Å². The van der Waals surface area contributed by atoms with E-state index >= 15 is 0 Å². The average molecular weight is 414 g/mol. The molecule has 0 aliphatic rings. The fourth-order valence-corrected chi connectivity index (χ4v) is 2.83. The number of aromatic hydroxyl groups is 1. The van der Waals surface area contributed by atoms with Gasteiger partial charge >= 0.3 is 0 Å². The zero-order valence-electron chi connectivity index (χ0n) is 10.4. The van der Waals surface area contributed by atoms with Crippen molar-refractivity contribution in [2.45, 2.75) is 0 Å². The molecule has 0 fully saturated rings. The van der Waals surface area contributed by atoms with Crippen LogP contribution < -0.4 is 0 Å². The van der Waals surface area contributed by atoms with E-state index < -0.39 is 5.82 Å². The van der Waals surface area contributed by atoms with Crippen molar-refractivity contribution in [3.8, 4) is 5.75 Å². The summed E-state index contributed by atoms with van der Waals surface area (Å²) in [6, 6.07) is 6.71. The van der Waals surface area contributed by atoms with Gasteiger partial charge in [0, 0.05) is 10.9 Å². The van der Waals surface area contributed by atoms with Gasteiger partial charge in [0.15, 0.2) is 5.78 Å². The lowest BCUT2D eigenvalue weighted by Crippen LogP contribution is -2.00. The highest BCUT2D eigenvalue weighted by atomic mass is 79.9. The highest BCUT2D eigenvalue weighted by molar-refractivity contribution is 9.13. The number of rotatable bonds is 2. The molecule has 2 aromatic carbocycles. The Labute approximate surface area is 135 Å². The molecule has 3 nitrogen and oxygen atoms in total. The van der Waals surface area contributed by atoms with Gasteiger partial charge in [0.25, 0.3) is 0 Å². The third-order valence-corrected chi connectivity index (χ3v) is 5.17. The lowest BCUT2D eigenvalue weighted by Gasteiger charge is -2.02. The third kappa shape index (κ3) is 2.38. The van der Waals surface area contributed by atoms with E-state index in [1.807, 2.05) is 0 Å². The van der Waals surface area contributed by atoms with Gasteiger partial charge in [0.1, 0.15) is 23.4 Å². The van der Waals surface area contributed by atoms with Crippen molar-refractivity contribution in [2.24, 2.45) is 0 Å². The van der Waals surface area contributed by atoms with Crippen molar-refractivity contribution >= 4 is 48.6 Å². The number of halogens is 3. The lowest BCUT2D eigenvalue weighted by molar-refractivity contribution is 0.103. The first kappa shape index (κ1) is 14.3. The largest absolute Gasteiger partial charge is 0.507 e. The zero-order valence-corrected chi connectivity index (χ0v) is 13.5. The predicted octanol–water partition coefficient (Wildman–Crippen LogP) is 5.03. The number of phenols is 1. The fourth-order valence-electron chi connectivity index (χ4n) is 2.03. The zero-order chi connectivity index (χ0) is 15.1. The summed E-state index contributed by atoms with van der Waals surface area (Å²) in [6.45, 7) is 0. The first-order valence-corrected chi connectivity index (χ1v) is 7.46. The maximum absolute atomic E-state index is 12.9. The molecule has 106 valence electrons.